The Bertz CT molecular complexity index is 581. The predicted octanol–water partition coefficient (Wildman–Crippen LogP) is 3.49. The van der Waals surface area contributed by atoms with Crippen molar-refractivity contribution in [2.45, 2.75) is 39.0 Å². The number of amides is 1. The standard InChI is InChI=1S/C21H32N2O3/c1-3-4-16-26-19-10-8-18(17-20(19)25-2)9-11-21(24)22-12-15-23-13-6-5-7-14-23/h8-11,17H,3-7,12-16H2,1-2H3,(H,22,24). The Morgan fingerprint density at radius 3 is 2.77 bits per heavy atom. The number of piperidine rings is 1. The summed E-state index contributed by atoms with van der Waals surface area (Å²) in [5, 5.41) is 2.95. The molecular formula is C21H32N2O3. The van der Waals surface area contributed by atoms with Crippen LogP contribution in [0, 0.1) is 0 Å². The van der Waals surface area contributed by atoms with Gasteiger partial charge in [-0.25, -0.2) is 0 Å². The summed E-state index contributed by atoms with van der Waals surface area (Å²) < 4.78 is 11.1. The van der Waals surface area contributed by atoms with Gasteiger partial charge in [-0.15, -0.1) is 0 Å². The third kappa shape index (κ3) is 7.08. The number of ether oxygens (including phenoxy) is 2. The van der Waals surface area contributed by atoms with Gasteiger partial charge in [-0.3, -0.25) is 4.79 Å². The molecule has 0 radical (unpaired) electrons. The van der Waals surface area contributed by atoms with Crippen LogP contribution >= 0.6 is 0 Å². The maximum Gasteiger partial charge on any atom is 0.244 e. The van der Waals surface area contributed by atoms with E-state index in [4.69, 9.17) is 9.47 Å². The molecule has 0 aliphatic carbocycles. The fraction of sp³-hybridized carbons (Fsp3) is 0.571. The highest BCUT2D eigenvalue weighted by Crippen LogP contribution is 2.28. The first-order valence-corrected chi connectivity index (χ1v) is 9.72. The number of nitrogens with zero attached hydrogens (tertiary/aromatic N) is 1. The zero-order chi connectivity index (χ0) is 18.6. The molecule has 0 aromatic heterocycles. The van der Waals surface area contributed by atoms with Gasteiger partial charge in [0.2, 0.25) is 5.91 Å². The van der Waals surface area contributed by atoms with Crippen LogP contribution in [0.25, 0.3) is 6.08 Å². The highest BCUT2D eigenvalue weighted by molar-refractivity contribution is 5.91. The molecule has 1 heterocycles. The lowest BCUT2D eigenvalue weighted by Crippen LogP contribution is -2.37. The summed E-state index contributed by atoms with van der Waals surface area (Å²) in [5.41, 5.74) is 0.913. The molecule has 5 nitrogen and oxygen atoms in total. The maximum atomic E-state index is 12.0. The summed E-state index contributed by atoms with van der Waals surface area (Å²) in [6.07, 6.45) is 9.36. The van der Waals surface area contributed by atoms with Gasteiger partial charge in [-0.1, -0.05) is 25.8 Å². The number of nitrogens with one attached hydrogen (secondary N) is 1. The van der Waals surface area contributed by atoms with Gasteiger partial charge in [0.1, 0.15) is 0 Å². The van der Waals surface area contributed by atoms with E-state index in [0.29, 0.717) is 18.9 Å². The fourth-order valence-electron chi connectivity index (χ4n) is 2.98. The van der Waals surface area contributed by atoms with Gasteiger partial charge in [0, 0.05) is 19.2 Å². The second-order valence-electron chi connectivity index (χ2n) is 6.64. The molecule has 1 aromatic carbocycles. The largest absolute Gasteiger partial charge is 0.493 e. The number of unbranched alkanes of at least 4 members (excludes halogenated alkanes) is 1. The van der Waals surface area contributed by atoms with E-state index in [-0.39, 0.29) is 5.91 Å². The number of carbonyl (C=O) groups excluding carboxylic acids is 1. The molecule has 5 heteroatoms. The van der Waals surface area contributed by atoms with Gasteiger partial charge in [0.25, 0.3) is 0 Å². The van der Waals surface area contributed by atoms with E-state index in [2.05, 4.69) is 17.1 Å². The van der Waals surface area contributed by atoms with Crippen molar-refractivity contribution in [1.29, 1.82) is 0 Å². The summed E-state index contributed by atoms with van der Waals surface area (Å²) in [4.78, 5) is 14.4. The average molecular weight is 360 g/mol. The number of carbonyl (C=O) groups is 1. The lowest BCUT2D eigenvalue weighted by molar-refractivity contribution is -0.116. The molecule has 1 N–H and O–H groups in total. The predicted molar refractivity (Wildman–Crippen MR) is 106 cm³/mol. The molecule has 0 unspecified atom stereocenters. The zero-order valence-electron chi connectivity index (χ0n) is 16.1. The molecule has 1 saturated heterocycles. The summed E-state index contributed by atoms with van der Waals surface area (Å²) in [6.45, 7) is 6.73. The van der Waals surface area contributed by atoms with Gasteiger partial charge in [-0.2, -0.15) is 0 Å². The van der Waals surface area contributed by atoms with E-state index in [9.17, 15) is 4.79 Å². The molecule has 0 spiro atoms. The van der Waals surface area contributed by atoms with E-state index in [0.717, 1.165) is 43.8 Å². The minimum absolute atomic E-state index is 0.0655. The lowest BCUT2D eigenvalue weighted by Gasteiger charge is -2.26. The van der Waals surface area contributed by atoms with Gasteiger partial charge in [-0.05, 0) is 56.1 Å². The smallest absolute Gasteiger partial charge is 0.244 e. The minimum atomic E-state index is -0.0655. The van der Waals surface area contributed by atoms with Crippen molar-refractivity contribution >= 4 is 12.0 Å². The van der Waals surface area contributed by atoms with Crippen molar-refractivity contribution < 1.29 is 14.3 Å². The first-order chi connectivity index (χ1) is 12.7. The Labute approximate surface area is 157 Å². The van der Waals surface area contributed by atoms with Crippen LogP contribution < -0.4 is 14.8 Å². The SMILES string of the molecule is CCCCOc1ccc(C=CC(=O)NCCN2CCCCC2)cc1OC. The molecule has 1 fully saturated rings. The highest BCUT2D eigenvalue weighted by atomic mass is 16.5. The summed E-state index contributed by atoms with van der Waals surface area (Å²) in [7, 11) is 1.63. The van der Waals surface area contributed by atoms with E-state index in [1.165, 1.54) is 19.3 Å². The minimum Gasteiger partial charge on any atom is -0.493 e. The van der Waals surface area contributed by atoms with Crippen LogP contribution in [0.15, 0.2) is 24.3 Å². The normalized spacial score (nSPS) is 15.2. The second kappa shape index (κ2) is 11.6. The van der Waals surface area contributed by atoms with Gasteiger partial charge >= 0.3 is 0 Å². The molecule has 0 saturated carbocycles. The molecule has 1 aliphatic rings. The molecule has 0 bridgehead atoms. The number of hydrogen-bond acceptors (Lipinski definition) is 4. The van der Waals surface area contributed by atoms with Crippen LogP contribution in [0.2, 0.25) is 0 Å². The topological polar surface area (TPSA) is 50.8 Å². The van der Waals surface area contributed by atoms with Gasteiger partial charge in [0.05, 0.1) is 13.7 Å². The Morgan fingerprint density at radius 1 is 1.23 bits per heavy atom. The third-order valence-corrected chi connectivity index (χ3v) is 4.55. The van der Waals surface area contributed by atoms with Crippen molar-refractivity contribution in [2.24, 2.45) is 0 Å². The monoisotopic (exact) mass is 360 g/mol. The van der Waals surface area contributed by atoms with Crippen molar-refractivity contribution in [3.8, 4) is 11.5 Å². The summed E-state index contributed by atoms with van der Waals surface area (Å²) in [6, 6.07) is 5.71. The number of methoxy groups -OCH3 is 1. The van der Waals surface area contributed by atoms with Gasteiger partial charge < -0.3 is 19.7 Å². The molecule has 1 aromatic rings. The van der Waals surface area contributed by atoms with E-state index in [1.54, 1.807) is 19.3 Å². The van der Waals surface area contributed by atoms with Crippen LogP contribution in [0.4, 0.5) is 0 Å². The summed E-state index contributed by atoms with van der Waals surface area (Å²) >= 11 is 0. The molecule has 144 valence electrons. The first kappa shape index (κ1) is 20.3. The van der Waals surface area contributed by atoms with E-state index >= 15 is 0 Å². The molecular weight excluding hydrogens is 328 g/mol. The number of hydrogen-bond donors (Lipinski definition) is 1. The second-order valence-corrected chi connectivity index (χ2v) is 6.64. The molecule has 1 amide bonds. The van der Waals surface area contributed by atoms with Crippen molar-refractivity contribution in [3.05, 3.63) is 29.8 Å². The highest BCUT2D eigenvalue weighted by Gasteiger charge is 2.09. The van der Waals surface area contributed by atoms with Crippen LogP contribution in [-0.4, -0.2) is 50.7 Å². The molecule has 26 heavy (non-hydrogen) atoms. The van der Waals surface area contributed by atoms with E-state index in [1.807, 2.05) is 18.2 Å². The lowest BCUT2D eigenvalue weighted by atomic mass is 10.1. The Kier molecular flexibility index (Phi) is 9.04. The summed E-state index contributed by atoms with van der Waals surface area (Å²) in [5.74, 6) is 1.36. The van der Waals surface area contributed by atoms with Crippen molar-refractivity contribution in [2.75, 3.05) is 39.9 Å². The number of likely N-dealkylation sites (tertiary alicyclic amines) is 1. The van der Waals surface area contributed by atoms with Crippen molar-refractivity contribution in [1.82, 2.24) is 10.2 Å². The average Bonchev–Trinajstić information content (AvgIpc) is 2.68. The Morgan fingerprint density at radius 2 is 2.04 bits per heavy atom. The van der Waals surface area contributed by atoms with Crippen LogP contribution in [-0.2, 0) is 4.79 Å². The Hall–Kier alpha value is -2.01. The van der Waals surface area contributed by atoms with E-state index < -0.39 is 0 Å². The maximum absolute atomic E-state index is 12.0. The van der Waals surface area contributed by atoms with Crippen LogP contribution in [0.3, 0.4) is 0 Å². The quantitative estimate of drug-likeness (QED) is 0.513. The third-order valence-electron chi connectivity index (χ3n) is 4.55. The molecule has 1 aliphatic heterocycles. The zero-order valence-corrected chi connectivity index (χ0v) is 16.1. The number of benzene rings is 1. The van der Waals surface area contributed by atoms with Crippen molar-refractivity contribution in [3.63, 3.8) is 0 Å². The van der Waals surface area contributed by atoms with Crippen LogP contribution in [0.1, 0.15) is 44.6 Å². The Balaban J connectivity index is 1.79. The molecule has 0 atom stereocenters. The first-order valence-electron chi connectivity index (χ1n) is 9.72. The van der Waals surface area contributed by atoms with Crippen LogP contribution in [0.5, 0.6) is 11.5 Å². The number of rotatable bonds is 10. The molecule has 2 rings (SSSR count). The van der Waals surface area contributed by atoms with Gasteiger partial charge in [0.15, 0.2) is 11.5 Å². The fourth-order valence-corrected chi connectivity index (χ4v) is 2.98.